The van der Waals surface area contributed by atoms with Crippen molar-refractivity contribution in [3.8, 4) is 0 Å². The first kappa shape index (κ1) is 14.2. The lowest BCUT2D eigenvalue weighted by Gasteiger charge is -2.20. The van der Waals surface area contributed by atoms with Crippen LogP contribution in [0.5, 0.6) is 0 Å². The summed E-state index contributed by atoms with van der Waals surface area (Å²) in [6.07, 6.45) is -2.52. The van der Waals surface area contributed by atoms with Gasteiger partial charge in [0.05, 0.1) is 5.88 Å². The Balaban J connectivity index is 2.51. The number of aliphatic hydroxyl groups excluding tert-OH is 1. The van der Waals surface area contributed by atoms with Gasteiger partial charge in [0.25, 0.3) is 0 Å². The van der Waals surface area contributed by atoms with E-state index in [9.17, 15) is 9.90 Å². The summed E-state index contributed by atoms with van der Waals surface area (Å²) in [5.41, 5.74) is 4.93. The van der Waals surface area contributed by atoms with Gasteiger partial charge in [0.1, 0.15) is 12.2 Å². The fraction of sp³-hybridized carbons (Fsp3) is 0.364. The summed E-state index contributed by atoms with van der Waals surface area (Å²) < 4.78 is 4.81. The van der Waals surface area contributed by atoms with E-state index >= 15 is 0 Å². The minimum absolute atomic E-state index is 0.00665. The van der Waals surface area contributed by atoms with E-state index in [0.29, 0.717) is 5.75 Å². The molecule has 0 aromatic heterocycles. The molecule has 3 N–H and O–H groups in total. The lowest BCUT2D eigenvalue weighted by molar-refractivity contribution is 0.0311. The molecule has 94 valence electrons. The number of hydrogen-bond acceptors (Lipinski definition) is 4. The van der Waals surface area contributed by atoms with Crippen LogP contribution in [0.4, 0.5) is 4.79 Å². The maximum absolute atomic E-state index is 10.7. The topological polar surface area (TPSA) is 72.6 Å². The molecule has 2 atom stereocenters. The third kappa shape index (κ3) is 5.30. The van der Waals surface area contributed by atoms with Crippen LogP contribution in [0.25, 0.3) is 0 Å². The van der Waals surface area contributed by atoms with Crippen LogP contribution in [0.15, 0.2) is 35.2 Å². The Labute approximate surface area is 109 Å². The molecule has 0 bridgehead atoms. The molecule has 0 unspecified atom stereocenters. The highest BCUT2D eigenvalue weighted by Crippen LogP contribution is 2.20. The van der Waals surface area contributed by atoms with Gasteiger partial charge in [0.15, 0.2) is 0 Å². The summed E-state index contributed by atoms with van der Waals surface area (Å²) in [5, 5.41) is 9.57. The number of alkyl halides is 1. The van der Waals surface area contributed by atoms with Crippen molar-refractivity contribution in [2.45, 2.75) is 17.1 Å². The number of benzene rings is 1. The van der Waals surface area contributed by atoms with Gasteiger partial charge in [-0.1, -0.05) is 18.2 Å². The van der Waals surface area contributed by atoms with Crippen LogP contribution in [0.3, 0.4) is 0 Å². The second-order valence-electron chi connectivity index (χ2n) is 3.32. The van der Waals surface area contributed by atoms with Gasteiger partial charge < -0.3 is 15.6 Å². The standard InChI is InChI=1S/C11H14ClNO3S/c12-6-9(14)10(16-11(13)15)7-17-8-4-2-1-3-5-8/h1-5,9-10,14H,6-7H2,(H2,13,15)/t9-,10+/m1/s1. The molecule has 0 heterocycles. The Morgan fingerprint density at radius 1 is 1.47 bits per heavy atom. The van der Waals surface area contributed by atoms with E-state index in [-0.39, 0.29) is 5.88 Å². The SMILES string of the molecule is NC(=O)O[C@@H](CSc1ccccc1)[C@H](O)CCl. The highest BCUT2D eigenvalue weighted by atomic mass is 35.5. The number of ether oxygens (including phenoxy) is 1. The van der Waals surface area contributed by atoms with Crippen LogP contribution in [-0.2, 0) is 4.74 Å². The second kappa shape index (κ2) is 7.42. The number of hydrogen-bond donors (Lipinski definition) is 2. The van der Waals surface area contributed by atoms with Crippen molar-refractivity contribution in [3.05, 3.63) is 30.3 Å². The first-order valence-corrected chi connectivity index (χ1v) is 6.53. The molecule has 1 aromatic carbocycles. The Morgan fingerprint density at radius 3 is 2.65 bits per heavy atom. The van der Waals surface area contributed by atoms with Gasteiger partial charge in [-0.3, -0.25) is 0 Å². The third-order valence-electron chi connectivity index (χ3n) is 2.01. The maximum Gasteiger partial charge on any atom is 0.404 e. The molecule has 17 heavy (non-hydrogen) atoms. The van der Waals surface area contributed by atoms with Crippen molar-refractivity contribution in [2.24, 2.45) is 5.73 Å². The third-order valence-corrected chi connectivity index (χ3v) is 3.43. The van der Waals surface area contributed by atoms with Crippen molar-refractivity contribution >= 4 is 29.5 Å². The molecule has 1 aromatic rings. The molecular weight excluding hydrogens is 262 g/mol. The molecule has 0 aliphatic rings. The minimum atomic E-state index is -0.916. The number of rotatable bonds is 6. The molecule has 0 aliphatic carbocycles. The number of amides is 1. The van der Waals surface area contributed by atoms with Crippen molar-refractivity contribution in [3.63, 3.8) is 0 Å². The molecule has 0 aliphatic heterocycles. The predicted octanol–water partition coefficient (Wildman–Crippen LogP) is 1.84. The maximum atomic E-state index is 10.7. The quantitative estimate of drug-likeness (QED) is 0.614. The molecule has 0 radical (unpaired) electrons. The first-order chi connectivity index (χ1) is 8.13. The minimum Gasteiger partial charge on any atom is -0.443 e. The van der Waals surface area contributed by atoms with Crippen molar-refractivity contribution in [1.29, 1.82) is 0 Å². The number of carbonyl (C=O) groups excluding carboxylic acids is 1. The predicted molar refractivity (Wildman–Crippen MR) is 68.3 cm³/mol. The molecule has 0 fully saturated rings. The van der Waals surface area contributed by atoms with E-state index in [0.717, 1.165) is 4.90 Å². The summed E-state index contributed by atoms with van der Waals surface area (Å²) >= 11 is 6.98. The summed E-state index contributed by atoms with van der Waals surface area (Å²) in [7, 11) is 0. The van der Waals surface area contributed by atoms with Crippen molar-refractivity contribution in [2.75, 3.05) is 11.6 Å². The van der Waals surface area contributed by atoms with Crippen LogP contribution in [-0.4, -0.2) is 35.0 Å². The monoisotopic (exact) mass is 275 g/mol. The van der Waals surface area contributed by atoms with Gasteiger partial charge >= 0.3 is 6.09 Å². The van der Waals surface area contributed by atoms with Gasteiger partial charge in [0, 0.05) is 10.6 Å². The average molecular weight is 276 g/mol. The van der Waals surface area contributed by atoms with Gasteiger partial charge in [-0.25, -0.2) is 4.79 Å². The largest absolute Gasteiger partial charge is 0.443 e. The van der Waals surface area contributed by atoms with Gasteiger partial charge in [-0.05, 0) is 12.1 Å². The molecule has 0 saturated heterocycles. The normalized spacial score (nSPS) is 14.0. The zero-order chi connectivity index (χ0) is 12.7. The Kier molecular flexibility index (Phi) is 6.18. The number of nitrogens with two attached hydrogens (primary N) is 1. The molecular formula is C11H14ClNO3S. The Morgan fingerprint density at radius 2 is 2.12 bits per heavy atom. The molecule has 6 heteroatoms. The number of halogens is 1. The van der Waals surface area contributed by atoms with Gasteiger partial charge in [-0.2, -0.15) is 0 Å². The van der Waals surface area contributed by atoms with Crippen LogP contribution in [0, 0.1) is 0 Å². The summed E-state index contributed by atoms with van der Waals surface area (Å²) in [6.45, 7) is 0. The van der Waals surface area contributed by atoms with E-state index in [2.05, 4.69) is 0 Å². The van der Waals surface area contributed by atoms with E-state index in [1.165, 1.54) is 11.8 Å². The zero-order valence-electron chi connectivity index (χ0n) is 9.08. The fourth-order valence-corrected chi connectivity index (χ4v) is 2.36. The molecule has 1 rings (SSSR count). The number of carbonyl (C=O) groups is 1. The Hall–Kier alpha value is -0.910. The van der Waals surface area contributed by atoms with E-state index in [1.54, 1.807) is 0 Å². The lowest BCUT2D eigenvalue weighted by atomic mass is 10.2. The Bertz CT molecular complexity index is 350. The zero-order valence-corrected chi connectivity index (χ0v) is 10.7. The molecule has 4 nitrogen and oxygen atoms in total. The fourth-order valence-electron chi connectivity index (χ4n) is 1.17. The number of aliphatic hydroxyl groups is 1. The first-order valence-electron chi connectivity index (χ1n) is 5.01. The highest BCUT2D eigenvalue weighted by molar-refractivity contribution is 7.99. The number of thioether (sulfide) groups is 1. The smallest absolute Gasteiger partial charge is 0.404 e. The van der Waals surface area contributed by atoms with Crippen molar-refractivity contribution < 1.29 is 14.6 Å². The van der Waals surface area contributed by atoms with Crippen LogP contribution in [0.2, 0.25) is 0 Å². The van der Waals surface area contributed by atoms with Gasteiger partial charge in [0.2, 0.25) is 0 Å². The summed E-state index contributed by atoms with van der Waals surface area (Å²) in [4.78, 5) is 11.7. The molecule has 1 amide bonds. The summed E-state index contributed by atoms with van der Waals surface area (Å²) in [5.74, 6) is 0.397. The van der Waals surface area contributed by atoms with Crippen LogP contribution < -0.4 is 5.73 Å². The van der Waals surface area contributed by atoms with Crippen LogP contribution in [0.1, 0.15) is 0 Å². The number of primary amides is 1. The van der Waals surface area contributed by atoms with E-state index in [4.69, 9.17) is 22.1 Å². The second-order valence-corrected chi connectivity index (χ2v) is 4.72. The van der Waals surface area contributed by atoms with E-state index in [1.807, 2.05) is 30.3 Å². The van der Waals surface area contributed by atoms with Gasteiger partial charge in [-0.15, -0.1) is 23.4 Å². The lowest BCUT2D eigenvalue weighted by Crippen LogP contribution is -2.36. The highest BCUT2D eigenvalue weighted by Gasteiger charge is 2.21. The van der Waals surface area contributed by atoms with Crippen molar-refractivity contribution in [1.82, 2.24) is 0 Å². The molecule has 0 spiro atoms. The van der Waals surface area contributed by atoms with Crippen LogP contribution >= 0.6 is 23.4 Å². The summed E-state index contributed by atoms with van der Waals surface area (Å²) in [6, 6.07) is 9.59. The van der Waals surface area contributed by atoms with E-state index < -0.39 is 18.3 Å². The average Bonchev–Trinajstić information content (AvgIpc) is 2.34. The molecule has 0 saturated carbocycles.